The number of para-hydroxylation sites is 1. The van der Waals surface area contributed by atoms with Gasteiger partial charge < -0.3 is 29.9 Å². The number of aliphatic hydroxyl groups is 2. The maximum Gasteiger partial charge on any atom is 0.459 e. The Hall–Kier alpha value is -3.13. The lowest BCUT2D eigenvalue weighted by atomic mass is 9.86. The quantitative estimate of drug-likeness (QED) is 0.165. The molecule has 13 nitrogen and oxygen atoms in total. The average Bonchev–Trinajstić information content (AvgIpc) is 3.52. The SMILES string of the molecule is CCC(C)(C)COC(=O)[C@H](C)N[P@](=O)(OC[C@@]1(CF)OC[C@](O)(c2ccc3c(N)ncnn23)[C@@H]1O)Oc1ccccc1. The number of esters is 1. The Labute approximate surface area is 242 Å². The van der Waals surface area contributed by atoms with Crippen LogP contribution in [0.25, 0.3) is 5.52 Å². The highest BCUT2D eigenvalue weighted by molar-refractivity contribution is 7.52. The number of ether oxygens (including phenoxy) is 2. The number of alkyl halides is 1. The van der Waals surface area contributed by atoms with Crippen LogP contribution in [0.5, 0.6) is 5.75 Å². The van der Waals surface area contributed by atoms with E-state index in [1.54, 1.807) is 18.2 Å². The highest BCUT2D eigenvalue weighted by atomic mass is 31.2. The average molecular weight is 610 g/mol. The van der Waals surface area contributed by atoms with Crippen molar-refractivity contribution in [1.82, 2.24) is 19.7 Å². The number of carbonyl (C=O) groups excluding carboxylic acids is 1. The Balaban J connectivity index is 1.56. The van der Waals surface area contributed by atoms with Gasteiger partial charge >= 0.3 is 13.7 Å². The molecule has 1 aliphatic rings. The molecule has 0 radical (unpaired) electrons. The first kappa shape index (κ1) is 31.8. The van der Waals surface area contributed by atoms with E-state index in [4.69, 9.17) is 24.3 Å². The van der Waals surface area contributed by atoms with Crippen molar-refractivity contribution in [3.63, 3.8) is 0 Å². The molecule has 5 atom stereocenters. The first-order chi connectivity index (χ1) is 19.8. The number of aliphatic hydroxyl groups excluding tert-OH is 1. The maximum absolute atomic E-state index is 14.7. The third-order valence-corrected chi connectivity index (χ3v) is 9.02. The number of benzene rings is 1. The molecule has 3 aromatic rings. The van der Waals surface area contributed by atoms with E-state index in [0.29, 0.717) is 5.52 Å². The van der Waals surface area contributed by atoms with E-state index in [0.717, 1.165) is 6.42 Å². The summed E-state index contributed by atoms with van der Waals surface area (Å²) in [6.45, 7) is 4.69. The molecule has 1 fully saturated rings. The summed E-state index contributed by atoms with van der Waals surface area (Å²) in [5.74, 6) is -0.439. The van der Waals surface area contributed by atoms with E-state index >= 15 is 0 Å². The van der Waals surface area contributed by atoms with Gasteiger partial charge in [-0.25, -0.2) is 18.5 Å². The van der Waals surface area contributed by atoms with Crippen molar-refractivity contribution in [2.24, 2.45) is 5.41 Å². The van der Waals surface area contributed by atoms with E-state index in [2.05, 4.69) is 15.2 Å². The van der Waals surface area contributed by atoms with Gasteiger partial charge in [-0.3, -0.25) is 9.32 Å². The van der Waals surface area contributed by atoms with Crippen LogP contribution >= 0.6 is 7.75 Å². The molecule has 0 aliphatic carbocycles. The zero-order chi connectivity index (χ0) is 30.8. The van der Waals surface area contributed by atoms with E-state index in [1.165, 1.54) is 42.0 Å². The van der Waals surface area contributed by atoms with Gasteiger partial charge in [0.1, 0.15) is 42.0 Å². The molecule has 4 rings (SSSR count). The van der Waals surface area contributed by atoms with Crippen molar-refractivity contribution in [3.8, 4) is 5.75 Å². The number of rotatable bonds is 13. The summed E-state index contributed by atoms with van der Waals surface area (Å²) in [5.41, 5.74) is 1.73. The summed E-state index contributed by atoms with van der Waals surface area (Å²) in [6.07, 6.45) is 0.0227. The molecule has 15 heteroatoms. The Kier molecular flexibility index (Phi) is 9.26. The molecule has 2 aromatic heterocycles. The highest BCUT2D eigenvalue weighted by Crippen LogP contribution is 2.48. The fraction of sp³-hybridized carbons (Fsp3) is 0.519. The Bertz CT molecular complexity index is 1440. The summed E-state index contributed by atoms with van der Waals surface area (Å²) >= 11 is 0. The van der Waals surface area contributed by atoms with Gasteiger partial charge in [0.25, 0.3) is 0 Å². The predicted octanol–water partition coefficient (Wildman–Crippen LogP) is 2.76. The first-order valence-corrected chi connectivity index (χ1v) is 14.9. The van der Waals surface area contributed by atoms with Gasteiger partial charge in [0.05, 0.1) is 25.5 Å². The number of hydrogen-bond donors (Lipinski definition) is 4. The number of halogens is 1. The minimum atomic E-state index is -4.44. The van der Waals surface area contributed by atoms with Gasteiger partial charge in [0, 0.05) is 0 Å². The van der Waals surface area contributed by atoms with Gasteiger partial charge in [-0.05, 0) is 43.0 Å². The second-order valence-corrected chi connectivity index (χ2v) is 12.8. The minimum absolute atomic E-state index is 0.0719. The molecular formula is C27H37FN5O8P. The van der Waals surface area contributed by atoms with Crippen molar-refractivity contribution < 1.29 is 42.5 Å². The number of nitrogens with two attached hydrogens (primary N) is 1. The van der Waals surface area contributed by atoms with Gasteiger partial charge in [0.15, 0.2) is 11.4 Å². The smallest absolute Gasteiger partial charge is 0.459 e. The monoisotopic (exact) mass is 609 g/mol. The summed E-state index contributed by atoms with van der Waals surface area (Å²) < 4.78 is 52.1. The van der Waals surface area contributed by atoms with E-state index < -0.39 is 57.0 Å². The van der Waals surface area contributed by atoms with Crippen LogP contribution in [0.4, 0.5) is 10.2 Å². The molecule has 0 saturated carbocycles. The van der Waals surface area contributed by atoms with Crippen molar-refractivity contribution >= 4 is 25.1 Å². The summed E-state index contributed by atoms with van der Waals surface area (Å²) in [4.78, 5) is 16.6. The molecule has 230 valence electrons. The topological polar surface area (TPSA) is 180 Å². The van der Waals surface area contributed by atoms with Crippen molar-refractivity contribution in [1.29, 1.82) is 0 Å². The Morgan fingerprint density at radius 2 is 2.05 bits per heavy atom. The number of nitrogens with one attached hydrogen (secondary N) is 1. The summed E-state index contributed by atoms with van der Waals surface area (Å²) in [6, 6.07) is 9.85. The van der Waals surface area contributed by atoms with Gasteiger partial charge in [-0.2, -0.15) is 10.2 Å². The van der Waals surface area contributed by atoms with Crippen LogP contribution in [0, 0.1) is 5.41 Å². The predicted molar refractivity (Wildman–Crippen MR) is 150 cm³/mol. The van der Waals surface area contributed by atoms with E-state index in [-0.39, 0.29) is 29.3 Å². The Morgan fingerprint density at radius 3 is 2.71 bits per heavy atom. The molecule has 0 bridgehead atoms. The third kappa shape index (κ3) is 6.43. The number of carbonyl (C=O) groups is 1. The number of anilines is 1. The molecule has 1 saturated heterocycles. The number of fused-ring (bicyclic) bond motifs is 1. The van der Waals surface area contributed by atoms with Gasteiger partial charge in [-0.15, -0.1) is 0 Å². The highest BCUT2D eigenvalue weighted by Gasteiger charge is 2.60. The normalized spacial score (nSPS) is 24.8. The number of nitrogens with zero attached hydrogens (tertiary/aromatic N) is 3. The molecule has 1 aliphatic heterocycles. The van der Waals surface area contributed by atoms with Crippen molar-refractivity contribution in [2.75, 3.05) is 32.2 Å². The largest absolute Gasteiger partial charge is 0.464 e. The van der Waals surface area contributed by atoms with Crippen LogP contribution in [0.1, 0.15) is 39.8 Å². The molecule has 0 spiro atoms. The van der Waals surface area contributed by atoms with Gasteiger partial charge in [-0.1, -0.05) is 39.0 Å². The fourth-order valence-corrected chi connectivity index (χ4v) is 5.85. The van der Waals surface area contributed by atoms with Crippen LogP contribution in [0.2, 0.25) is 0 Å². The number of aromatic nitrogens is 3. The molecule has 1 aromatic carbocycles. The minimum Gasteiger partial charge on any atom is -0.464 e. The van der Waals surface area contributed by atoms with Crippen LogP contribution in [-0.4, -0.2) is 75.0 Å². The molecule has 42 heavy (non-hydrogen) atoms. The third-order valence-electron chi connectivity index (χ3n) is 7.40. The zero-order valence-electron chi connectivity index (χ0n) is 23.9. The molecule has 0 amide bonds. The standard InChI is InChI=1S/C27H37FN5O8P/c1-5-25(3,4)14-38-23(34)18(2)32-42(37,41-19-9-7-6-8-10-19)40-15-26(13-28)24(35)27(36,16-39-26)21-12-11-20-22(29)30-17-31-33(20)21/h6-12,17-18,24,35-36H,5,13-16H2,1-4H3,(H,32,37)(H2,29,30,31)/t18-,24+,26+,27-,42-/m0/s1. The maximum atomic E-state index is 14.7. The molecule has 3 heterocycles. The Morgan fingerprint density at radius 1 is 1.33 bits per heavy atom. The van der Waals surface area contributed by atoms with Crippen molar-refractivity contribution in [2.45, 2.75) is 57.5 Å². The van der Waals surface area contributed by atoms with Crippen LogP contribution in [0.15, 0.2) is 48.8 Å². The molecule has 5 N–H and O–H groups in total. The number of nitrogen functional groups attached to an aromatic ring is 1. The number of hydrogen-bond acceptors (Lipinski definition) is 11. The molecular weight excluding hydrogens is 572 g/mol. The van der Waals surface area contributed by atoms with Crippen LogP contribution in [-0.2, 0) is 29.0 Å². The van der Waals surface area contributed by atoms with Crippen LogP contribution in [0.3, 0.4) is 0 Å². The second-order valence-electron chi connectivity index (χ2n) is 11.1. The summed E-state index contributed by atoms with van der Waals surface area (Å²) in [5, 5.41) is 29.4. The van der Waals surface area contributed by atoms with Gasteiger partial charge in [0.2, 0.25) is 0 Å². The lowest BCUT2D eigenvalue weighted by Crippen LogP contribution is -2.53. The lowest BCUT2D eigenvalue weighted by Gasteiger charge is -2.33. The second kappa shape index (κ2) is 12.2. The molecule has 0 unspecified atom stereocenters. The van der Waals surface area contributed by atoms with E-state index in [1.807, 2.05) is 20.8 Å². The lowest BCUT2D eigenvalue weighted by molar-refractivity contribution is -0.148. The van der Waals surface area contributed by atoms with Crippen molar-refractivity contribution in [3.05, 3.63) is 54.5 Å². The first-order valence-electron chi connectivity index (χ1n) is 13.4. The fourth-order valence-electron chi connectivity index (χ4n) is 4.30. The summed E-state index contributed by atoms with van der Waals surface area (Å²) in [7, 11) is -4.44. The van der Waals surface area contributed by atoms with Crippen LogP contribution < -0.4 is 15.3 Å². The van der Waals surface area contributed by atoms with E-state index in [9.17, 15) is 24.0 Å². The zero-order valence-corrected chi connectivity index (χ0v) is 24.8.